The number of carboxylic acid groups (broad SMARTS) is 1. The topological polar surface area (TPSA) is 74.6 Å². The Kier molecular flexibility index (Phi) is 5.27. The van der Waals surface area contributed by atoms with Crippen molar-refractivity contribution >= 4 is 40.7 Å². The molecule has 0 aliphatic rings. The number of para-hydroxylation sites is 1. The van der Waals surface area contributed by atoms with Gasteiger partial charge in [-0.1, -0.05) is 39.0 Å². The maximum atomic E-state index is 11.2. The first kappa shape index (κ1) is 16.9. The van der Waals surface area contributed by atoms with Gasteiger partial charge in [0, 0.05) is 17.0 Å². The number of aliphatic carboxylic acids is 1. The van der Waals surface area contributed by atoms with Crippen LogP contribution in [0.2, 0.25) is 0 Å². The van der Waals surface area contributed by atoms with Crippen molar-refractivity contribution < 1.29 is 9.90 Å². The molecule has 0 radical (unpaired) electrons. The van der Waals surface area contributed by atoms with E-state index in [4.69, 9.17) is 0 Å². The number of carbonyl (C=O) groups is 1. The van der Waals surface area contributed by atoms with Crippen molar-refractivity contribution in [3.63, 3.8) is 0 Å². The van der Waals surface area contributed by atoms with E-state index in [1.807, 2.05) is 51.1 Å². The first-order chi connectivity index (χ1) is 9.39. The van der Waals surface area contributed by atoms with Gasteiger partial charge in [-0.25, -0.2) is 4.79 Å². The second kappa shape index (κ2) is 6.54. The Hall–Kier alpha value is -2.14. The van der Waals surface area contributed by atoms with E-state index in [1.165, 1.54) is 0 Å². The third-order valence-electron chi connectivity index (χ3n) is 2.83. The minimum Gasteiger partial charge on any atom is -0.477 e. The molecule has 5 nitrogen and oxygen atoms in total. The molecule has 2 N–H and O–H groups in total. The first-order valence-electron chi connectivity index (χ1n) is 6.31. The van der Waals surface area contributed by atoms with Gasteiger partial charge in [0.15, 0.2) is 5.71 Å². The predicted octanol–water partition coefficient (Wildman–Crippen LogP) is 3.56. The zero-order chi connectivity index (χ0) is 14.8. The Bertz CT molecular complexity index is 673. The molecule has 1 heterocycles. The molecule has 0 amide bonds. The SMILES string of the molecule is CC(C)(C)/C(=N\Nc1cccc2cccnc12)C(=O)O.Cl. The molecular formula is C15H18ClN3O2. The van der Waals surface area contributed by atoms with Crippen LogP contribution >= 0.6 is 12.4 Å². The van der Waals surface area contributed by atoms with Crippen LogP contribution in [-0.4, -0.2) is 21.8 Å². The van der Waals surface area contributed by atoms with E-state index in [1.54, 1.807) is 6.20 Å². The maximum absolute atomic E-state index is 11.2. The normalized spacial score (nSPS) is 11.9. The van der Waals surface area contributed by atoms with Crippen LogP contribution in [0, 0.1) is 5.41 Å². The highest BCUT2D eigenvalue weighted by atomic mass is 35.5. The first-order valence-corrected chi connectivity index (χ1v) is 6.31. The quantitative estimate of drug-likeness (QED) is 0.671. The van der Waals surface area contributed by atoms with Crippen molar-refractivity contribution in [2.75, 3.05) is 5.43 Å². The summed E-state index contributed by atoms with van der Waals surface area (Å²) in [6.07, 6.45) is 1.69. The lowest BCUT2D eigenvalue weighted by Gasteiger charge is -2.17. The summed E-state index contributed by atoms with van der Waals surface area (Å²) >= 11 is 0. The Labute approximate surface area is 129 Å². The van der Waals surface area contributed by atoms with Gasteiger partial charge in [0.05, 0.1) is 11.2 Å². The van der Waals surface area contributed by atoms with Gasteiger partial charge >= 0.3 is 5.97 Å². The molecule has 0 unspecified atom stereocenters. The molecule has 0 aliphatic carbocycles. The highest BCUT2D eigenvalue weighted by Gasteiger charge is 2.25. The number of fused-ring (bicyclic) bond motifs is 1. The molecule has 1 aromatic heterocycles. The van der Waals surface area contributed by atoms with Crippen LogP contribution in [0.15, 0.2) is 41.6 Å². The monoisotopic (exact) mass is 307 g/mol. The molecule has 0 bridgehead atoms. The van der Waals surface area contributed by atoms with E-state index in [0.717, 1.165) is 10.9 Å². The largest absolute Gasteiger partial charge is 0.477 e. The van der Waals surface area contributed by atoms with Crippen LogP contribution in [0.4, 0.5) is 5.69 Å². The van der Waals surface area contributed by atoms with Crippen molar-refractivity contribution in [3.05, 3.63) is 36.5 Å². The zero-order valence-corrected chi connectivity index (χ0v) is 12.9. The van der Waals surface area contributed by atoms with Gasteiger partial charge in [0.1, 0.15) is 0 Å². The van der Waals surface area contributed by atoms with Gasteiger partial charge in [-0.2, -0.15) is 5.10 Å². The number of carboxylic acids is 1. The molecule has 112 valence electrons. The molecule has 6 heteroatoms. The molecule has 0 fully saturated rings. The summed E-state index contributed by atoms with van der Waals surface area (Å²) in [5, 5.41) is 14.2. The molecule has 0 spiro atoms. The second-order valence-electron chi connectivity index (χ2n) is 5.51. The van der Waals surface area contributed by atoms with Gasteiger partial charge in [0.2, 0.25) is 0 Å². The lowest BCUT2D eigenvalue weighted by molar-refractivity contribution is -0.129. The Balaban J connectivity index is 0.00000220. The number of aromatic nitrogens is 1. The van der Waals surface area contributed by atoms with E-state index in [0.29, 0.717) is 5.69 Å². The van der Waals surface area contributed by atoms with Crippen LogP contribution in [0.3, 0.4) is 0 Å². The number of hydrazone groups is 1. The lowest BCUT2D eigenvalue weighted by atomic mass is 9.90. The van der Waals surface area contributed by atoms with Gasteiger partial charge in [-0.05, 0) is 12.1 Å². The van der Waals surface area contributed by atoms with Crippen LogP contribution in [0.1, 0.15) is 20.8 Å². The number of benzene rings is 1. The van der Waals surface area contributed by atoms with Gasteiger partial charge in [-0.15, -0.1) is 12.4 Å². The Morgan fingerprint density at radius 2 is 1.90 bits per heavy atom. The zero-order valence-electron chi connectivity index (χ0n) is 12.1. The summed E-state index contributed by atoms with van der Waals surface area (Å²) in [7, 11) is 0. The molecule has 2 aromatic rings. The number of rotatable bonds is 3. The average molecular weight is 308 g/mol. The summed E-state index contributed by atoms with van der Waals surface area (Å²) < 4.78 is 0. The summed E-state index contributed by atoms with van der Waals surface area (Å²) in [5.74, 6) is -1.03. The minimum atomic E-state index is -1.03. The fourth-order valence-electron chi connectivity index (χ4n) is 1.85. The second-order valence-corrected chi connectivity index (χ2v) is 5.51. The third kappa shape index (κ3) is 3.92. The molecule has 2 rings (SSSR count). The summed E-state index contributed by atoms with van der Waals surface area (Å²) in [6, 6.07) is 9.44. The van der Waals surface area contributed by atoms with Crippen LogP contribution in [0.5, 0.6) is 0 Å². The number of hydrogen-bond acceptors (Lipinski definition) is 4. The van der Waals surface area contributed by atoms with Crippen molar-refractivity contribution in [2.45, 2.75) is 20.8 Å². The fraction of sp³-hybridized carbons (Fsp3) is 0.267. The van der Waals surface area contributed by atoms with Crippen molar-refractivity contribution in [3.8, 4) is 0 Å². The maximum Gasteiger partial charge on any atom is 0.352 e. The van der Waals surface area contributed by atoms with Gasteiger partial charge in [-0.3, -0.25) is 10.4 Å². The molecular weight excluding hydrogens is 290 g/mol. The number of pyridine rings is 1. The average Bonchev–Trinajstić information content (AvgIpc) is 2.37. The van der Waals surface area contributed by atoms with Crippen molar-refractivity contribution in [2.24, 2.45) is 10.5 Å². The number of nitrogens with zero attached hydrogens (tertiary/aromatic N) is 2. The van der Waals surface area contributed by atoms with Crippen molar-refractivity contribution in [1.82, 2.24) is 4.98 Å². The van der Waals surface area contributed by atoms with E-state index in [-0.39, 0.29) is 18.1 Å². The number of halogens is 1. The summed E-state index contributed by atoms with van der Waals surface area (Å²) in [5.41, 5.74) is 3.80. The molecule has 21 heavy (non-hydrogen) atoms. The van der Waals surface area contributed by atoms with Crippen LogP contribution in [0.25, 0.3) is 10.9 Å². The fourth-order valence-corrected chi connectivity index (χ4v) is 1.85. The molecule has 0 saturated heterocycles. The summed E-state index contributed by atoms with van der Waals surface area (Å²) in [4.78, 5) is 15.5. The minimum absolute atomic E-state index is 0. The predicted molar refractivity (Wildman–Crippen MR) is 87.1 cm³/mol. The number of hydrogen-bond donors (Lipinski definition) is 2. The molecule has 0 saturated carbocycles. The van der Waals surface area contributed by atoms with Crippen LogP contribution in [-0.2, 0) is 4.79 Å². The van der Waals surface area contributed by atoms with E-state index < -0.39 is 11.4 Å². The third-order valence-corrected chi connectivity index (χ3v) is 2.83. The lowest BCUT2D eigenvalue weighted by Crippen LogP contribution is -2.29. The number of nitrogens with one attached hydrogen (secondary N) is 1. The highest BCUT2D eigenvalue weighted by Crippen LogP contribution is 2.22. The Morgan fingerprint density at radius 3 is 2.52 bits per heavy atom. The highest BCUT2D eigenvalue weighted by molar-refractivity contribution is 6.37. The standard InChI is InChI=1S/C15H17N3O2.ClH/c1-15(2,3)13(14(19)20)18-17-11-8-4-6-10-7-5-9-16-12(10)11;/h4-9,17H,1-3H3,(H,19,20);1H/b18-13-;. The van der Waals surface area contributed by atoms with Gasteiger partial charge in [0.25, 0.3) is 0 Å². The molecule has 0 aliphatic heterocycles. The van der Waals surface area contributed by atoms with E-state index >= 15 is 0 Å². The van der Waals surface area contributed by atoms with E-state index in [9.17, 15) is 9.90 Å². The summed E-state index contributed by atoms with van der Waals surface area (Å²) in [6.45, 7) is 5.43. The molecule has 1 aromatic carbocycles. The smallest absolute Gasteiger partial charge is 0.352 e. The van der Waals surface area contributed by atoms with Crippen molar-refractivity contribution in [1.29, 1.82) is 0 Å². The molecule has 0 atom stereocenters. The van der Waals surface area contributed by atoms with Gasteiger partial charge < -0.3 is 5.11 Å². The van der Waals surface area contributed by atoms with E-state index in [2.05, 4.69) is 15.5 Å². The number of anilines is 1. The van der Waals surface area contributed by atoms with Crippen LogP contribution < -0.4 is 5.43 Å². The Morgan fingerprint density at radius 1 is 1.24 bits per heavy atom.